The Hall–Kier alpha value is -0.0400. The lowest BCUT2D eigenvalue weighted by Gasteiger charge is -2.35. The topological polar surface area (TPSA) is 12.0 Å². The maximum Gasteiger partial charge on any atom is 0.00951 e. The summed E-state index contributed by atoms with van der Waals surface area (Å²) >= 11 is 0. The van der Waals surface area contributed by atoms with Crippen molar-refractivity contribution in [1.29, 1.82) is 0 Å². The molecule has 3 atom stereocenters. The first-order valence-corrected chi connectivity index (χ1v) is 7.01. The van der Waals surface area contributed by atoms with Crippen molar-refractivity contribution in [2.75, 3.05) is 0 Å². The van der Waals surface area contributed by atoms with E-state index in [4.69, 9.17) is 0 Å². The Balaban J connectivity index is 1.69. The van der Waals surface area contributed by atoms with E-state index in [0.717, 1.165) is 23.9 Å². The first-order chi connectivity index (χ1) is 7.25. The second-order valence-corrected chi connectivity index (χ2v) is 5.97. The van der Waals surface area contributed by atoms with Gasteiger partial charge in [-0.3, -0.25) is 0 Å². The third-order valence-electron chi connectivity index (χ3n) is 4.52. The molecule has 0 saturated heterocycles. The molecule has 15 heavy (non-hydrogen) atoms. The van der Waals surface area contributed by atoms with Gasteiger partial charge in [0.15, 0.2) is 0 Å². The van der Waals surface area contributed by atoms with Crippen LogP contribution in [0, 0.1) is 11.8 Å². The van der Waals surface area contributed by atoms with Crippen LogP contribution in [0.3, 0.4) is 0 Å². The molecule has 0 amide bonds. The van der Waals surface area contributed by atoms with Crippen LogP contribution in [0.4, 0.5) is 0 Å². The fourth-order valence-electron chi connectivity index (χ4n) is 3.23. The molecule has 0 bridgehead atoms. The predicted molar refractivity (Wildman–Crippen MR) is 66.0 cm³/mol. The minimum Gasteiger partial charge on any atom is -0.311 e. The fourth-order valence-corrected chi connectivity index (χ4v) is 3.23. The predicted octanol–water partition coefficient (Wildman–Crippen LogP) is 3.73. The molecule has 0 heterocycles. The van der Waals surface area contributed by atoms with Crippen molar-refractivity contribution in [2.24, 2.45) is 11.8 Å². The number of hydrogen-bond acceptors (Lipinski definition) is 1. The molecule has 3 unspecified atom stereocenters. The fraction of sp³-hybridized carbons (Fsp3) is 1.00. The van der Waals surface area contributed by atoms with Crippen LogP contribution in [0.25, 0.3) is 0 Å². The lowest BCUT2D eigenvalue weighted by molar-refractivity contribution is 0.219. The Bertz CT molecular complexity index is 186. The highest BCUT2D eigenvalue weighted by Crippen LogP contribution is 2.31. The summed E-state index contributed by atoms with van der Waals surface area (Å²) in [6.45, 7) is 4.81. The van der Waals surface area contributed by atoms with Crippen LogP contribution >= 0.6 is 0 Å². The molecule has 0 spiro atoms. The molecule has 0 radical (unpaired) electrons. The quantitative estimate of drug-likeness (QED) is 0.744. The lowest BCUT2D eigenvalue weighted by atomic mass is 9.80. The van der Waals surface area contributed by atoms with E-state index in [1.54, 1.807) is 0 Å². The Morgan fingerprint density at radius 3 is 2.40 bits per heavy atom. The zero-order chi connectivity index (χ0) is 10.7. The molecule has 2 rings (SSSR count). The van der Waals surface area contributed by atoms with Crippen molar-refractivity contribution < 1.29 is 0 Å². The van der Waals surface area contributed by atoms with Crippen molar-refractivity contribution in [1.82, 2.24) is 5.32 Å². The van der Waals surface area contributed by atoms with Gasteiger partial charge in [0.25, 0.3) is 0 Å². The molecule has 2 saturated carbocycles. The molecule has 1 nitrogen and oxygen atoms in total. The summed E-state index contributed by atoms with van der Waals surface area (Å²) in [6, 6.07) is 1.56. The van der Waals surface area contributed by atoms with Crippen LogP contribution in [-0.2, 0) is 0 Å². The maximum absolute atomic E-state index is 3.87. The molecule has 0 aromatic carbocycles. The number of nitrogens with one attached hydrogen (secondary N) is 1. The van der Waals surface area contributed by atoms with Gasteiger partial charge in [0.05, 0.1) is 0 Å². The van der Waals surface area contributed by atoms with E-state index in [-0.39, 0.29) is 0 Å². The van der Waals surface area contributed by atoms with Gasteiger partial charge in [-0.2, -0.15) is 0 Å². The molecule has 0 aromatic rings. The molecule has 1 N–H and O–H groups in total. The van der Waals surface area contributed by atoms with E-state index >= 15 is 0 Å². The van der Waals surface area contributed by atoms with E-state index in [1.165, 1.54) is 51.4 Å². The van der Waals surface area contributed by atoms with E-state index in [1.807, 2.05) is 0 Å². The lowest BCUT2D eigenvalue weighted by Crippen LogP contribution is -2.43. The Labute approximate surface area is 95.0 Å². The van der Waals surface area contributed by atoms with Crippen molar-refractivity contribution >= 4 is 0 Å². The molecule has 0 aliphatic heterocycles. The van der Waals surface area contributed by atoms with Crippen LogP contribution in [0.1, 0.15) is 65.2 Å². The first kappa shape index (κ1) is 11.4. The molecule has 88 valence electrons. The highest BCUT2D eigenvalue weighted by atomic mass is 15.0. The monoisotopic (exact) mass is 209 g/mol. The number of hydrogen-bond donors (Lipinski definition) is 1. The molecule has 1 heteroatoms. The van der Waals surface area contributed by atoms with Crippen LogP contribution in [0.5, 0.6) is 0 Å². The zero-order valence-electron chi connectivity index (χ0n) is 10.5. The van der Waals surface area contributed by atoms with Crippen molar-refractivity contribution in [3.05, 3.63) is 0 Å². The summed E-state index contributed by atoms with van der Waals surface area (Å²) in [5.74, 6) is 1.95. The van der Waals surface area contributed by atoms with Gasteiger partial charge in [-0.15, -0.1) is 0 Å². The van der Waals surface area contributed by atoms with Gasteiger partial charge < -0.3 is 5.32 Å². The third-order valence-corrected chi connectivity index (χ3v) is 4.52. The Morgan fingerprint density at radius 2 is 1.80 bits per heavy atom. The summed E-state index contributed by atoms with van der Waals surface area (Å²) < 4.78 is 0. The average molecular weight is 209 g/mol. The summed E-state index contributed by atoms with van der Waals surface area (Å²) in [7, 11) is 0. The van der Waals surface area contributed by atoms with Gasteiger partial charge in [-0.05, 0) is 38.0 Å². The van der Waals surface area contributed by atoms with Gasteiger partial charge in [-0.25, -0.2) is 0 Å². The Morgan fingerprint density at radius 1 is 1.07 bits per heavy atom. The largest absolute Gasteiger partial charge is 0.311 e. The minimum absolute atomic E-state index is 0.751. The van der Waals surface area contributed by atoms with Crippen molar-refractivity contribution in [3.8, 4) is 0 Å². The Kier molecular flexibility index (Phi) is 4.07. The van der Waals surface area contributed by atoms with Gasteiger partial charge >= 0.3 is 0 Å². The minimum atomic E-state index is 0.751. The standard InChI is InChI=1S/C14H27N/c1-11-6-3-4-9-14(11)15-12(2)10-13-7-5-8-13/h11-15H,3-10H2,1-2H3. The van der Waals surface area contributed by atoms with Crippen molar-refractivity contribution in [2.45, 2.75) is 77.3 Å². The van der Waals surface area contributed by atoms with E-state index in [2.05, 4.69) is 19.2 Å². The average Bonchev–Trinajstić information content (AvgIpc) is 2.16. The zero-order valence-corrected chi connectivity index (χ0v) is 10.5. The smallest absolute Gasteiger partial charge is 0.00951 e. The maximum atomic E-state index is 3.87. The molecule has 0 aromatic heterocycles. The van der Waals surface area contributed by atoms with Crippen LogP contribution in [0.2, 0.25) is 0 Å². The molecule has 2 aliphatic rings. The van der Waals surface area contributed by atoms with E-state index < -0.39 is 0 Å². The van der Waals surface area contributed by atoms with Gasteiger partial charge in [0.1, 0.15) is 0 Å². The molecular weight excluding hydrogens is 182 g/mol. The normalized spacial score (nSPS) is 34.8. The molecule has 2 aliphatic carbocycles. The molecular formula is C14H27N. The highest BCUT2D eigenvalue weighted by Gasteiger charge is 2.25. The van der Waals surface area contributed by atoms with Gasteiger partial charge in [-0.1, -0.05) is 39.0 Å². The van der Waals surface area contributed by atoms with Crippen LogP contribution < -0.4 is 5.32 Å². The first-order valence-electron chi connectivity index (χ1n) is 7.01. The van der Waals surface area contributed by atoms with Crippen LogP contribution in [-0.4, -0.2) is 12.1 Å². The van der Waals surface area contributed by atoms with Crippen LogP contribution in [0.15, 0.2) is 0 Å². The van der Waals surface area contributed by atoms with Gasteiger partial charge in [0.2, 0.25) is 0 Å². The van der Waals surface area contributed by atoms with Gasteiger partial charge in [0, 0.05) is 12.1 Å². The molecule has 2 fully saturated rings. The van der Waals surface area contributed by atoms with E-state index in [9.17, 15) is 0 Å². The van der Waals surface area contributed by atoms with E-state index in [0.29, 0.717) is 0 Å². The summed E-state index contributed by atoms with van der Waals surface area (Å²) in [4.78, 5) is 0. The third kappa shape index (κ3) is 3.21. The van der Waals surface area contributed by atoms with Crippen molar-refractivity contribution in [3.63, 3.8) is 0 Å². The SMILES string of the molecule is CC(CC1CCC1)NC1CCCCC1C. The highest BCUT2D eigenvalue weighted by molar-refractivity contribution is 4.82. The number of rotatable bonds is 4. The summed E-state index contributed by atoms with van der Waals surface area (Å²) in [6.07, 6.45) is 11.6. The summed E-state index contributed by atoms with van der Waals surface area (Å²) in [5.41, 5.74) is 0. The second-order valence-electron chi connectivity index (χ2n) is 5.97. The summed E-state index contributed by atoms with van der Waals surface area (Å²) in [5, 5.41) is 3.87. The second kappa shape index (κ2) is 5.34.